The number of nitrogens with zero attached hydrogens (tertiary/aromatic N) is 3. The molecule has 0 saturated heterocycles. The first-order chi connectivity index (χ1) is 18.7. The van der Waals surface area contributed by atoms with Gasteiger partial charge in [-0.3, -0.25) is 19.0 Å². The van der Waals surface area contributed by atoms with Gasteiger partial charge in [0.05, 0.1) is 42.8 Å². The normalized spacial score (nSPS) is 17.4. The maximum atomic E-state index is 14.1. The van der Waals surface area contributed by atoms with E-state index in [1.807, 2.05) is 31.2 Å². The van der Waals surface area contributed by atoms with Crippen molar-refractivity contribution in [3.8, 4) is 11.5 Å². The Labute approximate surface area is 227 Å². The quantitative estimate of drug-likeness (QED) is 0.355. The minimum Gasteiger partial charge on any atom is -0.493 e. The number of allylic oxidation sites excluding steroid dienone is 1. The molecule has 2 aromatic carbocycles. The molecule has 1 amide bonds. The van der Waals surface area contributed by atoms with Crippen LogP contribution in [0.25, 0.3) is 5.57 Å². The zero-order chi connectivity index (χ0) is 28.0. The van der Waals surface area contributed by atoms with E-state index in [2.05, 4.69) is 4.99 Å². The third-order valence-corrected chi connectivity index (χ3v) is 7.68. The summed E-state index contributed by atoms with van der Waals surface area (Å²) in [5.41, 5.74) is 2.29. The lowest BCUT2D eigenvalue weighted by Gasteiger charge is -2.25. The molecule has 39 heavy (non-hydrogen) atoms. The monoisotopic (exact) mass is 547 g/mol. The summed E-state index contributed by atoms with van der Waals surface area (Å²) in [7, 11) is 2.68. The second kappa shape index (κ2) is 9.99. The number of ether oxygens (including phenoxy) is 3. The molecule has 3 aromatic rings. The fourth-order valence-electron chi connectivity index (χ4n) is 4.97. The molecule has 0 aliphatic carbocycles. The van der Waals surface area contributed by atoms with Gasteiger partial charge in [-0.15, -0.1) is 0 Å². The molecule has 11 heteroatoms. The zero-order valence-corrected chi connectivity index (χ0v) is 22.8. The summed E-state index contributed by atoms with van der Waals surface area (Å²) >= 11 is 1.10. The number of benzene rings is 2. The van der Waals surface area contributed by atoms with Crippen LogP contribution in [-0.2, 0) is 19.1 Å². The lowest BCUT2D eigenvalue weighted by atomic mass is 9.95. The molecule has 10 nitrogen and oxygen atoms in total. The van der Waals surface area contributed by atoms with Crippen LogP contribution < -0.4 is 29.3 Å². The van der Waals surface area contributed by atoms with Gasteiger partial charge >= 0.3 is 11.9 Å². The highest BCUT2D eigenvalue weighted by atomic mass is 32.1. The van der Waals surface area contributed by atoms with Crippen LogP contribution in [0.5, 0.6) is 11.5 Å². The number of hydrogen-bond donors (Lipinski definition) is 0. The van der Waals surface area contributed by atoms with Gasteiger partial charge in [-0.2, -0.15) is 0 Å². The Morgan fingerprint density at radius 1 is 1.08 bits per heavy atom. The molecular weight excluding hydrogens is 522 g/mol. The number of likely N-dealkylation sites (N-methyl/N-ethyl adjacent to an activating group) is 1. The predicted molar refractivity (Wildman–Crippen MR) is 143 cm³/mol. The average molecular weight is 548 g/mol. The molecule has 0 spiro atoms. The number of para-hydroxylation sites is 1. The van der Waals surface area contributed by atoms with E-state index >= 15 is 0 Å². The minimum absolute atomic E-state index is 0.164. The summed E-state index contributed by atoms with van der Waals surface area (Å²) < 4.78 is 17.4. The smallest absolute Gasteiger partial charge is 0.338 e. The number of esters is 2. The van der Waals surface area contributed by atoms with Crippen molar-refractivity contribution in [3.63, 3.8) is 0 Å². The number of carbonyl (C=O) groups excluding carboxylic acids is 3. The maximum Gasteiger partial charge on any atom is 0.338 e. The van der Waals surface area contributed by atoms with Crippen LogP contribution in [0.3, 0.4) is 0 Å². The molecule has 2 aliphatic heterocycles. The maximum absolute atomic E-state index is 14.1. The molecule has 0 saturated carbocycles. The Hall–Kier alpha value is -4.51. The Morgan fingerprint density at radius 2 is 1.82 bits per heavy atom. The molecule has 200 valence electrons. The number of hydrogen-bond acceptors (Lipinski definition) is 9. The molecule has 0 unspecified atom stereocenters. The first kappa shape index (κ1) is 26.1. The van der Waals surface area contributed by atoms with Crippen LogP contribution in [0.4, 0.5) is 5.69 Å². The molecule has 2 aliphatic rings. The number of thiazole rings is 1. The summed E-state index contributed by atoms with van der Waals surface area (Å²) in [4.78, 5) is 58.7. The summed E-state index contributed by atoms with van der Waals surface area (Å²) in [6.07, 6.45) is 0. The lowest BCUT2D eigenvalue weighted by Crippen LogP contribution is -2.40. The fourth-order valence-corrected chi connectivity index (χ4v) is 6.10. The Kier molecular flexibility index (Phi) is 6.69. The molecule has 1 atom stereocenters. The molecule has 0 bridgehead atoms. The van der Waals surface area contributed by atoms with Crippen LogP contribution in [0.15, 0.2) is 63.5 Å². The SMILES string of the molecule is CCN1C(=O)/C(=c2\sc3n(c2=O)[C@H](c2ccc(OC(C)=O)c(OC)c2)C(C(=O)OC)=C(C)N=3)c2ccccc21. The summed E-state index contributed by atoms with van der Waals surface area (Å²) in [5.74, 6) is -1.01. The van der Waals surface area contributed by atoms with Crippen LogP contribution in [-0.4, -0.2) is 43.2 Å². The van der Waals surface area contributed by atoms with Gasteiger partial charge in [-0.1, -0.05) is 35.6 Å². The molecule has 0 N–H and O–H groups in total. The second-order valence-electron chi connectivity index (χ2n) is 8.84. The summed E-state index contributed by atoms with van der Waals surface area (Å²) in [5, 5.41) is 0. The second-order valence-corrected chi connectivity index (χ2v) is 9.82. The van der Waals surface area contributed by atoms with Crippen molar-refractivity contribution in [2.24, 2.45) is 4.99 Å². The molecule has 3 heterocycles. The highest BCUT2D eigenvalue weighted by Gasteiger charge is 2.37. The van der Waals surface area contributed by atoms with E-state index in [0.29, 0.717) is 33.7 Å². The predicted octanol–water partition coefficient (Wildman–Crippen LogP) is 2.08. The van der Waals surface area contributed by atoms with Crippen molar-refractivity contribution in [2.75, 3.05) is 25.7 Å². The van der Waals surface area contributed by atoms with E-state index in [4.69, 9.17) is 14.2 Å². The topological polar surface area (TPSA) is 117 Å². The molecule has 0 radical (unpaired) electrons. The number of fused-ring (bicyclic) bond motifs is 2. The first-order valence-electron chi connectivity index (χ1n) is 12.1. The van der Waals surface area contributed by atoms with Crippen molar-refractivity contribution in [3.05, 3.63) is 84.5 Å². The minimum atomic E-state index is -0.933. The Balaban J connectivity index is 1.81. The average Bonchev–Trinajstić information content (AvgIpc) is 3.39. The standard InChI is InChI=1S/C28H25N3O7S/c1-6-30-18-10-8-7-9-17(18)22(25(30)33)24-26(34)31-23(21(27(35)37-5)14(2)29-28(31)39-24)16-11-12-19(38-15(3)32)20(13-16)36-4/h7-13,23H,6H2,1-5H3/b24-22-/t23-/m1/s1. The van der Waals surface area contributed by atoms with Crippen LogP contribution in [0.2, 0.25) is 0 Å². The van der Waals surface area contributed by atoms with Gasteiger partial charge in [0.15, 0.2) is 16.3 Å². The van der Waals surface area contributed by atoms with Crippen molar-refractivity contribution < 1.29 is 28.6 Å². The third-order valence-electron chi connectivity index (χ3n) is 6.63. The highest BCUT2D eigenvalue weighted by molar-refractivity contribution is 7.07. The van der Waals surface area contributed by atoms with E-state index in [9.17, 15) is 19.2 Å². The van der Waals surface area contributed by atoms with E-state index in [0.717, 1.165) is 17.0 Å². The van der Waals surface area contributed by atoms with Gasteiger partial charge in [0.25, 0.3) is 11.5 Å². The van der Waals surface area contributed by atoms with Crippen LogP contribution in [0, 0.1) is 0 Å². The van der Waals surface area contributed by atoms with E-state index in [1.165, 1.54) is 31.8 Å². The summed E-state index contributed by atoms with van der Waals surface area (Å²) in [6, 6.07) is 11.2. The van der Waals surface area contributed by atoms with Crippen molar-refractivity contribution in [2.45, 2.75) is 26.8 Å². The number of anilines is 1. The van der Waals surface area contributed by atoms with Gasteiger partial charge in [0.1, 0.15) is 4.53 Å². The number of aromatic nitrogens is 1. The summed E-state index contributed by atoms with van der Waals surface area (Å²) in [6.45, 7) is 5.26. The van der Waals surface area contributed by atoms with Gasteiger partial charge in [-0.05, 0) is 37.6 Å². The third kappa shape index (κ3) is 4.15. The number of amides is 1. The van der Waals surface area contributed by atoms with Crippen LogP contribution >= 0.6 is 11.3 Å². The molecule has 1 aromatic heterocycles. The van der Waals surface area contributed by atoms with Crippen molar-refractivity contribution >= 4 is 40.4 Å². The molecule has 5 rings (SSSR count). The fraction of sp³-hybridized carbons (Fsp3) is 0.250. The number of carbonyl (C=O) groups is 3. The highest BCUT2D eigenvalue weighted by Crippen LogP contribution is 2.37. The van der Waals surface area contributed by atoms with Gasteiger partial charge < -0.3 is 19.1 Å². The van der Waals surface area contributed by atoms with E-state index in [-0.39, 0.29) is 27.5 Å². The first-order valence-corrected chi connectivity index (χ1v) is 12.9. The van der Waals surface area contributed by atoms with Gasteiger partial charge in [0, 0.05) is 19.0 Å². The van der Waals surface area contributed by atoms with Gasteiger partial charge in [0.2, 0.25) is 0 Å². The van der Waals surface area contributed by atoms with E-state index in [1.54, 1.807) is 24.0 Å². The van der Waals surface area contributed by atoms with Gasteiger partial charge in [-0.25, -0.2) is 9.79 Å². The Bertz CT molecular complexity index is 1770. The zero-order valence-electron chi connectivity index (χ0n) is 21.9. The van der Waals surface area contributed by atoms with E-state index < -0.39 is 23.5 Å². The lowest BCUT2D eigenvalue weighted by molar-refractivity contribution is -0.136. The number of methoxy groups -OCH3 is 2. The van der Waals surface area contributed by atoms with Crippen molar-refractivity contribution in [1.29, 1.82) is 0 Å². The van der Waals surface area contributed by atoms with Crippen molar-refractivity contribution in [1.82, 2.24) is 4.57 Å². The largest absolute Gasteiger partial charge is 0.493 e. The van der Waals surface area contributed by atoms with Crippen LogP contribution in [0.1, 0.15) is 37.9 Å². The molecular formula is C28H25N3O7S. The number of rotatable bonds is 5. The molecule has 0 fully saturated rings. The Morgan fingerprint density at radius 3 is 2.49 bits per heavy atom.